The lowest BCUT2D eigenvalue weighted by molar-refractivity contribution is -0.492. The van der Waals surface area contributed by atoms with Crippen molar-refractivity contribution in [2.24, 2.45) is 0 Å². The predicted molar refractivity (Wildman–Crippen MR) is 130 cm³/mol. The monoisotopic (exact) mass is 496 g/mol. The van der Waals surface area contributed by atoms with Crippen LogP contribution in [0.15, 0.2) is 66.7 Å². The van der Waals surface area contributed by atoms with Crippen molar-refractivity contribution in [3.05, 3.63) is 89.2 Å². The smallest absolute Gasteiger partial charge is 0.317 e. The summed E-state index contributed by atoms with van der Waals surface area (Å²) in [7, 11) is 1.54. The van der Waals surface area contributed by atoms with Crippen molar-refractivity contribution in [1.82, 2.24) is 20.7 Å². The summed E-state index contributed by atoms with van der Waals surface area (Å²) in [5.74, 6) is -0.417. The van der Waals surface area contributed by atoms with Gasteiger partial charge in [0, 0.05) is 25.0 Å². The number of nitrogens with zero attached hydrogens (tertiary/aromatic N) is 3. The first-order valence-electron chi connectivity index (χ1n) is 11.6. The van der Waals surface area contributed by atoms with Gasteiger partial charge in [0.15, 0.2) is 5.60 Å². The number of rotatable bonds is 13. The van der Waals surface area contributed by atoms with Gasteiger partial charge in [0.1, 0.15) is 0 Å². The predicted octanol–water partition coefficient (Wildman–Crippen LogP) is 3.34. The maximum atomic E-state index is 13.7. The van der Waals surface area contributed by atoms with Gasteiger partial charge in [-0.25, -0.2) is 9.97 Å². The maximum absolute atomic E-state index is 13.7. The molecule has 0 radical (unpaired) electrons. The van der Waals surface area contributed by atoms with Crippen LogP contribution in [-0.4, -0.2) is 58.0 Å². The highest BCUT2D eigenvalue weighted by Crippen LogP contribution is 2.38. The molecule has 0 unspecified atom stereocenters. The molecule has 0 aliphatic rings. The number of aromatic nitrogens is 2. The number of hydrogen-bond acceptors (Lipinski definition) is 9. The maximum Gasteiger partial charge on any atom is 0.317 e. The van der Waals surface area contributed by atoms with E-state index in [1.54, 1.807) is 7.11 Å². The first-order chi connectivity index (χ1) is 17.4. The number of carbonyl (C=O) groups is 1. The van der Waals surface area contributed by atoms with E-state index in [2.05, 4.69) is 20.1 Å². The van der Waals surface area contributed by atoms with Crippen LogP contribution >= 0.6 is 0 Å². The molecule has 0 saturated heterocycles. The van der Waals surface area contributed by atoms with Gasteiger partial charge >= 0.3 is 6.01 Å². The fraction of sp³-hybridized carbons (Fsp3) is 0.346. The van der Waals surface area contributed by atoms with Gasteiger partial charge in [-0.1, -0.05) is 60.7 Å². The molecule has 1 amide bonds. The molecule has 0 bridgehead atoms. The molecule has 192 valence electrons. The average Bonchev–Trinajstić information content (AvgIpc) is 2.86. The van der Waals surface area contributed by atoms with E-state index in [0.29, 0.717) is 30.8 Å². The van der Waals surface area contributed by atoms with Crippen molar-refractivity contribution >= 4 is 5.91 Å². The summed E-state index contributed by atoms with van der Waals surface area (Å²) in [4.78, 5) is 27.1. The molecule has 2 aromatic carbocycles. The van der Waals surface area contributed by atoms with E-state index < -0.39 is 17.6 Å². The number of unbranched alkanes of at least 4 members (excludes halogenated alkanes) is 1. The van der Waals surface area contributed by atoms with Crippen LogP contribution in [0.1, 0.15) is 35.4 Å². The lowest BCUT2D eigenvalue weighted by Gasteiger charge is -2.39. The number of aryl methyl sites for hydroxylation is 2. The van der Waals surface area contributed by atoms with Crippen LogP contribution < -0.4 is 10.1 Å². The molecule has 0 spiro atoms. The van der Waals surface area contributed by atoms with Crippen molar-refractivity contribution in [1.29, 1.82) is 0 Å². The highest BCUT2D eigenvalue weighted by Gasteiger charge is 2.49. The first-order valence-corrected chi connectivity index (χ1v) is 11.6. The Morgan fingerprint density at radius 2 is 1.53 bits per heavy atom. The second-order valence-corrected chi connectivity index (χ2v) is 8.19. The molecule has 3 aromatic rings. The van der Waals surface area contributed by atoms with Gasteiger partial charge in [0.05, 0.1) is 12.0 Å². The van der Waals surface area contributed by atoms with Gasteiger partial charge in [-0.05, 0) is 43.9 Å². The fourth-order valence-electron chi connectivity index (χ4n) is 4.03. The second kappa shape index (κ2) is 13.1. The Bertz CT molecular complexity index is 1040. The summed E-state index contributed by atoms with van der Waals surface area (Å²) in [5.41, 5.74) is 1.55. The van der Waals surface area contributed by atoms with Crippen LogP contribution in [0.5, 0.6) is 6.01 Å². The third-order valence-corrected chi connectivity index (χ3v) is 5.60. The summed E-state index contributed by atoms with van der Waals surface area (Å²) in [5, 5.41) is 19.8. The number of hydrogen-bond donors (Lipinski definition) is 3. The van der Waals surface area contributed by atoms with E-state index in [-0.39, 0.29) is 18.0 Å². The van der Waals surface area contributed by atoms with E-state index in [1.165, 1.54) is 0 Å². The van der Waals surface area contributed by atoms with Crippen molar-refractivity contribution in [3.8, 4) is 6.01 Å². The first kappa shape index (κ1) is 27.2. The Labute approximate surface area is 210 Å². The van der Waals surface area contributed by atoms with E-state index >= 15 is 0 Å². The summed E-state index contributed by atoms with van der Waals surface area (Å²) in [6, 6.07) is 20.7. The molecule has 10 heteroatoms. The zero-order chi connectivity index (χ0) is 26.0. The number of amides is 1. The van der Waals surface area contributed by atoms with E-state index in [9.17, 15) is 4.79 Å². The molecule has 10 nitrogen and oxygen atoms in total. The number of ether oxygens (including phenoxy) is 2. The van der Waals surface area contributed by atoms with Crippen molar-refractivity contribution in [3.63, 3.8) is 0 Å². The lowest BCUT2D eigenvalue weighted by atomic mass is 9.80. The number of nitrogens with one attached hydrogen (secondary N) is 1. The largest absolute Gasteiger partial charge is 0.446 e. The molecule has 3 N–H and O–H groups in total. The molecule has 3 rings (SSSR count). The highest BCUT2D eigenvalue weighted by molar-refractivity contribution is 5.83. The zero-order valence-corrected chi connectivity index (χ0v) is 20.6. The quantitative estimate of drug-likeness (QED) is 0.241. The topological polar surface area (TPSA) is 126 Å². The van der Waals surface area contributed by atoms with Crippen molar-refractivity contribution in [2.45, 2.75) is 38.4 Å². The summed E-state index contributed by atoms with van der Waals surface area (Å²) in [6.07, 6.45) is -0.172. The molecule has 0 aliphatic carbocycles. The third-order valence-electron chi connectivity index (χ3n) is 5.60. The lowest BCUT2D eigenvalue weighted by Crippen LogP contribution is -2.54. The van der Waals surface area contributed by atoms with Gasteiger partial charge in [-0.2, -0.15) is 0 Å². The zero-order valence-electron chi connectivity index (χ0n) is 20.6. The van der Waals surface area contributed by atoms with Crippen LogP contribution in [0.4, 0.5) is 0 Å². The van der Waals surface area contributed by atoms with Gasteiger partial charge in [-0.15, -0.1) is 0 Å². The number of methoxy groups -OCH3 is 1. The molecule has 36 heavy (non-hydrogen) atoms. The minimum Gasteiger partial charge on any atom is -0.446 e. The second-order valence-electron chi connectivity index (χ2n) is 8.19. The number of carbonyl (C=O) groups excluding carboxylic acids is 1. The Morgan fingerprint density at radius 1 is 0.972 bits per heavy atom. The Morgan fingerprint density at radius 3 is 2.03 bits per heavy atom. The summed E-state index contributed by atoms with van der Waals surface area (Å²) in [6.45, 7) is 4.04. The minimum absolute atomic E-state index is 0.0697. The molecule has 1 heterocycles. The van der Waals surface area contributed by atoms with Gasteiger partial charge < -0.3 is 14.8 Å². The van der Waals surface area contributed by atoms with Gasteiger partial charge in [0.2, 0.25) is 6.10 Å². The van der Waals surface area contributed by atoms with E-state index in [4.69, 9.17) is 19.9 Å². The third kappa shape index (κ3) is 6.84. The van der Waals surface area contributed by atoms with Crippen LogP contribution in [0, 0.1) is 13.8 Å². The van der Waals surface area contributed by atoms with Crippen LogP contribution in [0.2, 0.25) is 0 Å². The highest BCUT2D eigenvalue weighted by atomic mass is 17.1. The molecule has 0 saturated carbocycles. The molecule has 1 aromatic heterocycles. The molecule has 0 aliphatic heterocycles. The van der Waals surface area contributed by atoms with Crippen LogP contribution in [0.25, 0.3) is 0 Å². The Hall–Kier alpha value is -3.41. The van der Waals surface area contributed by atoms with Gasteiger partial charge in [-0.3, -0.25) is 20.0 Å². The number of benzene rings is 2. The average molecular weight is 497 g/mol. The fourth-order valence-corrected chi connectivity index (χ4v) is 4.03. The minimum atomic E-state index is -1.31. The van der Waals surface area contributed by atoms with Crippen molar-refractivity contribution < 1.29 is 29.5 Å². The summed E-state index contributed by atoms with van der Waals surface area (Å²) < 4.78 is 12.4. The Kier molecular flexibility index (Phi) is 9.86. The van der Waals surface area contributed by atoms with Crippen LogP contribution in [-0.2, 0) is 20.0 Å². The van der Waals surface area contributed by atoms with Crippen LogP contribution in [0.3, 0.4) is 0 Å². The molecular weight excluding hydrogens is 464 g/mol. The Balaban J connectivity index is 1.99. The summed E-state index contributed by atoms with van der Waals surface area (Å²) >= 11 is 0. The molecule has 0 fully saturated rings. The van der Waals surface area contributed by atoms with Crippen molar-refractivity contribution in [2.75, 3.05) is 20.3 Å². The SMILES string of the molecule is COC(c1ccccc1)(c1ccccc1)[C@H](Oc1nc(C)cc(C)n1)C(=O)NCCCCON(O)O. The van der Waals surface area contributed by atoms with Gasteiger partial charge in [0.25, 0.3) is 5.91 Å². The van der Waals surface area contributed by atoms with E-state index in [0.717, 1.165) is 11.1 Å². The molecular formula is C26H32N4O6. The van der Waals surface area contributed by atoms with E-state index in [1.807, 2.05) is 80.6 Å². The standard InChI is InChI=1S/C26H32N4O6/c1-19-18-20(2)29-25(28-19)36-23(24(31)27-16-10-11-17-35-30(32)33)26(34-3,21-12-6-4-7-13-21)22-14-8-5-9-15-22/h4-9,12-15,18,23,32-33H,10-11,16-17H2,1-3H3,(H,27,31)/t23-/m1/s1. The molecule has 1 atom stereocenters. The normalized spacial score (nSPS) is 12.4.